The van der Waals surface area contributed by atoms with Gasteiger partial charge < -0.3 is 0 Å². The zero-order valence-corrected chi connectivity index (χ0v) is 11.4. The first kappa shape index (κ1) is 13.4. The Bertz CT molecular complexity index is 646. The summed E-state index contributed by atoms with van der Waals surface area (Å²) < 4.78 is 13.5. The second-order valence-corrected chi connectivity index (χ2v) is 4.81. The van der Waals surface area contributed by atoms with Crippen molar-refractivity contribution in [2.45, 2.75) is 5.92 Å². The number of ketones is 1. The maximum absolute atomic E-state index is 12.9. The molecule has 0 aromatic heterocycles. The first-order valence-electron chi connectivity index (χ1n) is 5.57. The number of carbonyl (C=O) groups is 1. The molecule has 1 atom stereocenters. The van der Waals surface area contributed by atoms with Crippen LogP contribution in [0.4, 0.5) is 4.39 Å². The van der Waals surface area contributed by atoms with Gasteiger partial charge in [0, 0.05) is 10.0 Å². The van der Waals surface area contributed by atoms with E-state index in [1.165, 1.54) is 24.3 Å². The normalized spacial score (nSPS) is 11.6. The second-order valence-electron chi connectivity index (χ2n) is 3.96. The van der Waals surface area contributed by atoms with Crippen LogP contribution in [0.1, 0.15) is 21.8 Å². The Hall–Kier alpha value is -1.99. The molecule has 19 heavy (non-hydrogen) atoms. The second kappa shape index (κ2) is 5.77. The summed E-state index contributed by atoms with van der Waals surface area (Å²) in [6, 6.07) is 14.3. The number of nitriles is 1. The Morgan fingerprint density at radius 2 is 1.79 bits per heavy atom. The Morgan fingerprint density at radius 3 is 2.37 bits per heavy atom. The fourth-order valence-electron chi connectivity index (χ4n) is 1.76. The first-order valence-corrected chi connectivity index (χ1v) is 6.36. The molecule has 0 spiro atoms. The Balaban J connectivity index is 2.38. The molecule has 2 rings (SSSR count). The van der Waals surface area contributed by atoms with Gasteiger partial charge in [0.25, 0.3) is 0 Å². The van der Waals surface area contributed by atoms with E-state index in [-0.39, 0.29) is 5.78 Å². The van der Waals surface area contributed by atoms with Crippen molar-refractivity contribution in [1.82, 2.24) is 0 Å². The summed E-state index contributed by atoms with van der Waals surface area (Å²) in [6.45, 7) is 0. The van der Waals surface area contributed by atoms with E-state index < -0.39 is 11.7 Å². The van der Waals surface area contributed by atoms with Gasteiger partial charge in [-0.25, -0.2) is 4.39 Å². The van der Waals surface area contributed by atoms with E-state index in [1.54, 1.807) is 24.3 Å². The van der Waals surface area contributed by atoms with Crippen LogP contribution in [0.5, 0.6) is 0 Å². The molecule has 94 valence electrons. The van der Waals surface area contributed by atoms with Crippen LogP contribution in [-0.4, -0.2) is 5.78 Å². The summed E-state index contributed by atoms with van der Waals surface area (Å²) in [5.41, 5.74) is 0.933. The minimum atomic E-state index is -0.931. The van der Waals surface area contributed by atoms with Gasteiger partial charge >= 0.3 is 0 Å². The predicted octanol–water partition coefficient (Wildman–Crippen LogP) is 4.08. The Morgan fingerprint density at radius 1 is 1.16 bits per heavy atom. The predicted molar refractivity (Wildman–Crippen MR) is 73.2 cm³/mol. The maximum Gasteiger partial charge on any atom is 0.185 e. The molecule has 0 aliphatic heterocycles. The van der Waals surface area contributed by atoms with E-state index in [9.17, 15) is 14.4 Å². The topological polar surface area (TPSA) is 40.9 Å². The molecule has 0 N–H and O–H groups in total. The molecule has 0 bridgehead atoms. The van der Waals surface area contributed by atoms with Crippen molar-refractivity contribution in [2.24, 2.45) is 0 Å². The lowest BCUT2D eigenvalue weighted by Crippen LogP contribution is -2.11. The number of nitrogens with zero attached hydrogens (tertiary/aromatic N) is 1. The number of halogens is 2. The van der Waals surface area contributed by atoms with Crippen molar-refractivity contribution in [3.8, 4) is 6.07 Å². The first-order chi connectivity index (χ1) is 9.13. The molecule has 0 fully saturated rings. The van der Waals surface area contributed by atoms with Crippen molar-refractivity contribution in [3.63, 3.8) is 0 Å². The van der Waals surface area contributed by atoms with Gasteiger partial charge in [0.05, 0.1) is 6.07 Å². The van der Waals surface area contributed by atoms with Crippen LogP contribution in [0.15, 0.2) is 53.0 Å². The lowest BCUT2D eigenvalue weighted by molar-refractivity contribution is 0.0978. The van der Waals surface area contributed by atoms with Gasteiger partial charge in [-0.1, -0.05) is 46.3 Å². The monoisotopic (exact) mass is 317 g/mol. The van der Waals surface area contributed by atoms with Crippen molar-refractivity contribution in [1.29, 1.82) is 5.26 Å². The molecule has 0 saturated carbocycles. The molecule has 0 heterocycles. The third-order valence-corrected chi connectivity index (χ3v) is 3.43. The molecular formula is C15H9BrFNO. The van der Waals surface area contributed by atoms with Crippen molar-refractivity contribution in [2.75, 3.05) is 0 Å². The van der Waals surface area contributed by atoms with Crippen molar-refractivity contribution in [3.05, 3.63) is 69.9 Å². The minimum absolute atomic E-state index is 0.304. The molecule has 4 heteroatoms. The largest absolute Gasteiger partial charge is 0.292 e. The van der Waals surface area contributed by atoms with Crippen molar-refractivity contribution < 1.29 is 9.18 Å². The number of rotatable bonds is 3. The summed E-state index contributed by atoms with van der Waals surface area (Å²) in [4.78, 5) is 12.3. The number of benzene rings is 2. The van der Waals surface area contributed by atoms with Crippen LogP contribution < -0.4 is 0 Å². The van der Waals surface area contributed by atoms with Gasteiger partial charge in [0.15, 0.2) is 5.78 Å². The van der Waals surface area contributed by atoms with Gasteiger partial charge in [0.2, 0.25) is 0 Å². The molecule has 2 nitrogen and oxygen atoms in total. The van der Waals surface area contributed by atoms with Crippen LogP contribution in [0, 0.1) is 17.1 Å². The minimum Gasteiger partial charge on any atom is -0.292 e. The van der Waals surface area contributed by atoms with E-state index in [2.05, 4.69) is 15.9 Å². The van der Waals surface area contributed by atoms with Crippen LogP contribution in [0.3, 0.4) is 0 Å². The average Bonchev–Trinajstić information content (AvgIpc) is 2.42. The molecule has 0 aliphatic rings. The summed E-state index contributed by atoms with van der Waals surface area (Å²) in [5.74, 6) is -1.63. The third-order valence-electron chi connectivity index (χ3n) is 2.73. The molecule has 0 amide bonds. The van der Waals surface area contributed by atoms with E-state index in [0.29, 0.717) is 15.6 Å². The van der Waals surface area contributed by atoms with Gasteiger partial charge in [-0.05, 0) is 23.8 Å². The highest BCUT2D eigenvalue weighted by atomic mass is 79.9. The van der Waals surface area contributed by atoms with Crippen LogP contribution in [0.2, 0.25) is 0 Å². The number of hydrogen-bond acceptors (Lipinski definition) is 2. The van der Waals surface area contributed by atoms with E-state index in [1.807, 2.05) is 6.07 Å². The van der Waals surface area contributed by atoms with Crippen molar-refractivity contribution >= 4 is 21.7 Å². The van der Waals surface area contributed by atoms with Crippen LogP contribution in [0.25, 0.3) is 0 Å². The van der Waals surface area contributed by atoms with Gasteiger partial charge in [0.1, 0.15) is 11.7 Å². The molecule has 2 aromatic rings. The zero-order valence-electron chi connectivity index (χ0n) is 9.81. The molecular weight excluding hydrogens is 309 g/mol. The molecule has 0 saturated heterocycles. The summed E-state index contributed by atoms with van der Waals surface area (Å²) in [7, 11) is 0. The van der Waals surface area contributed by atoms with Crippen LogP contribution >= 0.6 is 15.9 Å². The van der Waals surface area contributed by atoms with E-state index in [0.717, 1.165) is 0 Å². The van der Waals surface area contributed by atoms with Gasteiger partial charge in [-0.3, -0.25) is 4.79 Å². The fourth-order valence-corrected chi connectivity index (χ4v) is 2.24. The summed E-state index contributed by atoms with van der Waals surface area (Å²) in [5, 5.41) is 9.19. The Kier molecular flexibility index (Phi) is 4.08. The highest BCUT2D eigenvalue weighted by molar-refractivity contribution is 9.10. The number of carbonyl (C=O) groups excluding carboxylic acids is 1. The maximum atomic E-state index is 12.9. The average molecular weight is 318 g/mol. The lowest BCUT2D eigenvalue weighted by Gasteiger charge is -2.09. The highest BCUT2D eigenvalue weighted by Crippen LogP contribution is 2.25. The van der Waals surface area contributed by atoms with Gasteiger partial charge in [-0.15, -0.1) is 0 Å². The quantitative estimate of drug-likeness (QED) is 0.800. The SMILES string of the molecule is N#CC(C(=O)c1ccccc1Br)c1ccc(F)cc1. The zero-order chi connectivity index (χ0) is 13.8. The molecule has 2 aromatic carbocycles. The summed E-state index contributed by atoms with van der Waals surface area (Å²) >= 11 is 3.29. The lowest BCUT2D eigenvalue weighted by atomic mass is 9.92. The van der Waals surface area contributed by atoms with E-state index >= 15 is 0 Å². The number of hydrogen-bond donors (Lipinski definition) is 0. The third kappa shape index (κ3) is 2.88. The smallest absolute Gasteiger partial charge is 0.185 e. The molecule has 1 unspecified atom stereocenters. The highest BCUT2D eigenvalue weighted by Gasteiger charge is 2.23. The van der Waals surface area contributed by atoms with E-state index in [4.69, 9.17) is 0 Å². The molecule has 0 aliphatic carbocycles. The fraction of sp³-hybridized carbons (Fsp3) is 0.0667. The summed E-state index contributed by atoms with van der Waals surface area (Å²) in [6.07, 6.45) is 0. The van der Waals surface area contributed by atoms with Crippen LogP contribution in [-0.2, 0) is 0 Å². The van der Waals surface area contributed by atoms with Gasteiger partial charge in [-0.2, -0.15) is 5.26 Å². The standard InChI is InChI=1S/C15H9BrFNO/c16-14-4-2-1-3-12(14)15(19)13(9-18)10-5-7-11(17)8-6-10/h1-8,13H. The number of Topliss-reactive ketones (excluding diaryl/α,β-unsaturated/α-hetero) is 1. The Labute approximate surface area is 118 Å². The molecule has 0 radical (unpaired) electrons.